The number of rotatable bonds is 10. The van der Waals surface area contributed by atoms with Crippen LogP contribution < -0.4 is 15.4 Å². The Balaban J connectivity index is 0.00000676. The monoisotopic (exact) mass is 492 g/mol. The van der Waals surface area contributed by atoms with Gasteiger partial charge < -0.3 is 20.5 Å². The summed E-state index contributed by atoms with van der Waals surface area (Å²) in [7, 11) is 3.36. The Hall–Kier alpha value is -1.22. The third-order valence-electron chi connectivity index (χ3n) is 4.41. The average molecular weight is 492 g/mol. The fourth-order valence-corrected chi connectivity index (χ4v) is 3.00. The number of guanidine groups is 1. The predicted molar refractivity (Wildman–Crippen MR) is 125 cm³/mol. The van der Waals surface area contributed by atoms with Crippen LogP contribution in [0.5, 0.6) is 11.5 Å². The first kappa shape index (κ1) is 25.8. The summed E-state index contributed by atoms with van der Waals surface area (Å²) in [5.74, 6) is 1.71. The van der Waals surface area contributed by atoms with Gasteiger partial charge in [-0.05, 0) is 52.2 Å². The molecule has 0 fully saturated rings. The zero-order chi connectivity index (χ0) is 19.5. The van der Waals surface area contributed by atoms with Gasteiger partial charge in [0.25, 0.3) is 0 Å². The number of nitrogens with zero attached hydrogens (tertiary/aromatic N) is 2. The first-order valence-corrected chi connectivity index (χ1v) is 9.45. The lowest BCUT2D eigenvalue weighted by atomic mass is 10.1. The highest BCUT2D eigenvalue weighted by molar-refractivity contribution is 14.0. The molecule has 0 saturated heterocycles. The summed E-state index contributed by atoms with van der Waals surface area (Å²) in [5, 5.41) is 16.6. The molecule has 0 amide bonds. The van der Waals surface area contributed by atoms with Crippen LogP contribution in [-0.4, -0.2) is 61.8 Å². The molecular weight excluding hydrogens is 455 g/mol. The second kappa shape index (κ2) is 13.9. The second-order valence-electron chi connectivity index (χ2n) is 6.95. The summed E-state index contributed by atoms with van der Waals surface area (Å²) in [5.41, 5.74) is 0.887. The van der Waals surface area contributed by atoms with E-state index < -0.39 is 0 Å². The maximum Gasteiger partial charge on any atom is 0.190 e. The number of ether oxygens (including phenoxy) is 1. The molecule has 0 heterocycles. The van der Waals surface area contributed by atoms with E-state index in [9.17, 15) is 5.11 Å². The van der Waals surface area contributed by atoms with Gasteiger partial charge in [-0.15, -0.1) is 24.0 Å². The Bertz CT molecular complexity index is 557. The van der Waals surface area contributed by atoms with Gasteiger partial charge in [-0.2, -0.15) is 0 Å². The number of phenols is 1. The zero-order valence-corrected chi connectivity index (χ0v) is 19.9. The number of aliphatic imine (C=N–C) groups is 1. The summed E-state index contributed by atoms with van der Waals surface area (Å²) in [6.45, 7) is 11.6. The number of phenolic OH excluding ortho intramolecular Hbond substituents is 1. The quantitative estimate of drug-likeness (QED) is 0.203. The smallest absolute Gasteiger partial charge is 0.190 e. The fraction of sp³-hybridized carbons (Fsp3) is 0.650. The molecule has 1 aromatic rings. The Morgan fingerprint density at radius 1 is 1.15 bits per heavy atom. The van der Waals surface area contributed by atoms with Crippen molar-refractivity contribution in [2.45, 2.75) is 52.6 Å². The molecule has 0 aliphatic carbocycles. The largest absolute Gasteiger partial charge is 0.508 e. The van der Waals surface area contributed by atoms with E-state index in [0.717, 1.165) is 31.0 Å². The number of nitrogens with one attached hydrogen (secondary N) is 2. The van der Waals surface area contributed by atoms with Crippen LogP contribution in [0.1, 0.15) is 39.7 Å². The molecule has 1 rings (SSSR count). The number of methoxy groups -OCH3 is 1. The SMILES string of the molecule is CN=C(NCCCN(C(C)C)C(C)C)NCCc1ccc(OC)cc1O.I. The van der Waals surface area contributed by atoms with Crippen molar-refractivity contribution < 1.29 is 9.84 Å². The van der Waals surface area contributed by atoms with Crippen molar-refractivity contribution in [1.82, 2.24) is 15.5 Å². The van der Waals surface area contributed by atoms with Gasteiger partial charge in [-0.3, -0.25) is 9.89 Å². The summed E-state index contributed by atoms with van der Waals surface area (Å²) in [6, 6.07) is 6.50. The molecule has 0 aromatic heterocycles. The number of halogens is 1. The summed E-state index contributed by atoms with van der Waals surface area (Å²) >= 11 is 0. The summed E-state index contributed by atoms with van der Waals surface area (Å²) in [4.78, 5) is 6.74. The van der Waals surface area contributed by atoms with E-state index >= 15 is 0 Å². The van der Waals surface area contributed by atoms with Crippen molar-refractivity contribution >= 4 is 29.9 Å². The predicted octanol–water partition coefficient (Wildman–Crippen LogP) is 3.24. The van der Waals surface area contributed by atoms with Crippen LogP contribution >= 0.6 is 24.0 Å². The molecule has 7 heteroatoms. The molecule has 1 aromatic carbocycles. The number of benzene rings is 1. The average Bonchev–Trinajstić information content (AvgIpc) is 2.60. The van der Waals surface area contributed by atoms with E-state index in [2.05, 4.69) is 48.2 Å². The first-order valence-electron chi connectivity index (χ1n) is 9.45. The maximum atomic E-state index is 10.0. The van der Waals surface area contributed by atoms with E-state index in [0.29, 0.717) is 30.8 Å². The molecule has 0 radical (unpaired) electrons. The number of hydrogen-bond acceptors (Lipinski definition) is 4. The molecular formula is C20H37IN4O2. The van der Waals surface area contributed by atoms with Crippen LogP contribution in [0.3, 0.4) is 0 Å². The third-order valence-corrected chi connectivity index (χ3v) is 4.41. The molecule has 0 aliphatic heterocycles. The van der Waals surface area contributed by atoms with Crippen LogP contribution in [0.4, 0.5) is 0 Å². The van der Waals surface area contributed by atoms with E-state index in [-0.39, 0.29) is 29.7 Å². The molecule has 156 valence electrons. The lowest BCUT2D eigenvalue weighted by Crippen LogP contribution is -2.41. The van der Waals surface area contributed by atoms with Crippen LogP contribution in [0.15, 0.2) is 23.2 Å². The van der Waals surface area contributed by atoms with Gasteiger partial charge in [0.15, 0.2) is 5.96 Å². The summed E-state index contributed by atoms with van der Waals surface area (Å²) in [6.07, 6.45) is 1.78. The van der Waals surface area contributed by atoms with Gasteiger partial charge in [-0.1, -0.05) is 6.07 Å². The minimum Gasteiger partial charge on any atom is -0.508 e. The number of hydrogen-bond donors (Lipinski definition) is 3. The normalized spacial score (nSPS) is 11.7. The van der Waals surface area contributed by atoms with E-state index in [1.54, 1.807) is 20.2 Å². The van der Waals surface area contributed by atoms with Crippen molar-refractivity contribution in [3.63, 3.8) is 0 Å². The van der Waals surface area contributed by atoms with Crippen LogP contribution in [0.25, 0.3) is 0 Å². The number of aromatic hydroxyl groups is 1. The molecule has 0 bridgehead atoms. The molecule has 0 spiro atoms. The van der Waals surface area contributed by atoms with E-state index in [4.69, 9.17) is 4.74 Å². The highest BCUT2D eigenvalue weighted by atomic mass is 127. The van der Waals surface area contributed by atoms with Gasteiger partial charge >= 0.3 is 0 Å². The lowest BCUT2D eigenvalue weighted by molar-refractivity contribution is 0.173. The molecule has 0 aliphatic rings. The minimum atomic E-state index is 0. The Kier molecular flexibility index (Phi) is 13.2. The van der Waals surface area contributed by atoms with Crippen LogP contribution in [-0.2, 0) is 6.42 Å². The topological polar surface area (TPSA) is 69.1 Å². The zero-order valence-electron chi connectivity index (χ0n) is 17.6. The van der Waals surface area contributed by atoms with Crippen molar-refractivity contribution in [2.24, 2.45) is 4.99 Å². The third kappa shape index (κ3) is 9.51. The Morgan fingerprint density at radius 2 is 1.78 bits per heavy atom. The van der Waals surface area contributed by atoms with Crippen LogP contribution in [0, 0.1) is 0 Å². The second-order valence-corrected chi connectivity index (χ2v) is 6.95. The molecule has 3 N–H and O–H groups in total. The van der Waals surface area contributed by atoms with E-state index in [1.165, 1.54) is 0 Å². The van der Waals surface area contributed by atoms with Crippen LogP contribution in [0.2, 0.25) is 0 Å². The van der Waals surface area contributed by atoms with Gasteiger partial charge in [0.1, 0.15) is 11.5 Å². The summed E-state index contributed by atoms with van der Waals surface area (Å²) < 4.78 is 5.10. The van der Waals surface area contributed by atoms with Gasteiger partial charge in [0.2, 0.25) is 0 Å². The minimum absolute atomic E-state index is 0. The molecule has 0 unspecified atom stereocenters. The lowest BCUT2D eigenvalue weighted by Gasteiger charge is -2.30. The standard InChI is InChI=1S/C20H36N4O2.HI/c1-15(2)24(16(3)4)13-7-11-22-20(21-5)23-12-10-17-8-9-18(26-6)14-19(17)25;/h8-9,14-16,25H,7,10-13H2,1-6H3,(H2,21,22,23);1H. The Labute approximate surface area is 181 Å². The molecule has 0 saturated carbocycles. The molecule has 6 nitrogen and oxygen atoms in total. The maximum absolute atomic E-state index is 10.0. The fourth-order valence-electron chi connectivity index (χ4n) is 3.00. The molecule has 0 atom stereocenters. The highest BCUT2D eigenvalue weighted by Crippen LogP contribution is 2.23. The molecule has 27 heavy (non-hydrogen) atoms. The highest BCUT2D eigenvalue weighted by Gasteiger charge is 2.12. The van der Waals surface area contributed by atoms with Gasteiger partial charge in [0.05, 0.1) is 7.11 Å². The van der Waals surface area contributed by atoms with Crippen molar-refractivity contribution in [1.29, 1.82) is 0 Å². The van der Waals surface area contributed by atoms with E-state index in [1.807, 2.05) is 12.1 Å². The first-order chi connectivity index (χ1) is 12.4. The van der Waals surface area contributed by atoms with Gasteiger partial charge in [-0.25, -0.2) is 0 Å². The van der Waals surface area contributed by atoms with Crippen molar-refractivity contribution in [3.8, 4) is 11.5 Å². The van der Waals surface area contributed by atoms with Crippen molar-refractivity contribution in [3.05, 3.63) is 23.8 Å². The van der Waals surface area contributed by atoms with Gasteiger partial charge in [0, 0.05) is 44.8 Å². The Morgan fingerprint density at radius 3 is 2.30 bits per heavy atom. The van der Waals surface area contributed by atoms with Crippen molar-refractivity contribution in [2.75, 3.05) is 33.8 Å².